The van der Waals surface area contributed by atoms with Crippen LogP contribution in [0.15, 0.2) is 42.5 Å². The number of hydrogen-bond donors (Lipinski definition) is 0. The lowest BCUT2D eigenvalue weighted by molar-refractivity contribution is -0.160. The van der Waals surface area contributed by atoms with E-state index in [0.29, 0.717) is 23.7 Å². The van der Waals surface area contributed by atoms with E-state index in [4.69, 9.17) is 21.1 Å². The van der Waals surface area contributed by atoms with Crippen molar-refractivity contribution in [1.82, 2.24) is 0 Å². The Labute approximate surface area is 183 Å². The zero-order valence-corrected chi connectivity index (χ0v) is 17.9. The monoisotopic (exact) mass is 427 g/mol. The molecule has 1 saturated heterocycles. The number of ether oxygens (including phenoxy) is 2. The van der Waals surface area contributed by atoms with Crippen LogP contribution in [-0.2, 0) is 9.47 Å². The van der Waals surface area contributed by atoms with Gasteiger partial charge in [-0.2, -0.15) is 0 Å². The number of nitrogens with zero attached hydrogens (tertiary/aromatic N) is 2. The smallest absolute Gasteiger partial charge is 0.260 e. The molecule has 2 aliphatic rings. The van der Waals surface area contributed by atoms with Gasteiger partial charge in [0.05, 0.1) is 29.2 Å². The van der Waals surface area contributed by atoms with Crippen molar-refractivity contribution in [3.63, 3.8) is 0 Å². The highest BCUT2D eigenvalue weighted by atomic mass is 35.5. The average Bonchev–Trinajstić information content (AvgIpc) is 2.86. The summed E-state index contributed by atoms with van der Waals surface area (Å²) < 4.78 is 11.6. The van der Waals surface area contributed by atoms with E-state index in [1.165, 1.54) is 0 Å². The Kier molecular flexibility index (Phi) is 6.93. The van der Waals surface area contributed by atoms with Crippen molar-refractivity contribution in [3.05, 3.63) is 60.0 Å². The van der Waals surface area contributed by atoms with E-state index in [9.17, 15) is 4.79 Å². The summed E-state index contributed by atoms with van der Waals surface area (Å²) in [7, 11) is 0. The number of fused-ring (bicyclic) bond motifs is 2. The summed E-state index contributed by atoms with van der Waals surface area (Å²) in [5.74, 6) is -0.0422. The van der Waals surface area contributed by atoms with Crippen LogP contribution in [0.3, 0.4) is 0 Å². The highest BCUT2D eigenvalue weighted by Gasteiger charge is 2.31. The van der Waals surface area contributed by atoms with Crippen molar-refractivity contribution in [1.29, 1.82) is 0 Å². The molecule has 2 aliphatic heterocycles. The number of amides is 1. The lowest BCUT2D eigenvalue weighted by Gasteiger charge is -2.28. The minimum atomic E-state index is -0.171. The fourth-order valence-corrected chi connectivity index (χ4v) is 4.23. The Balaban J connectivity index is 1.66. The fourth-order valence-electron chi connectivity index (χ4n) is 4.07. The minimum absolute atomic E-state index is 0.0422. The molecule has 1 atom stereocenters. The molecule has 30 heavy (non-hydrogen) atoms. The molecule has 0 aromatic heterocycles. The predicted molar refractivity (Wildman–Crippen MR) is 121 cm³/mol. The van der Waals surface area contributed by atoms with E-state index >= 15 is 0 Å². The Morgan fingerprint density at radius 2 is 1.87 bits per heavy atom. The molecule has 0 N–H and O–H groups in total. The quantitative estimate of drug-likeness (QED) is 0.577. The van der Waals surface area contributed by atoms with Gasteiger partial charge < -0.3 is 19.3 Å². The molecular weight excluding hydrogens is 400 g/mol. The summed E-state index contributed by atoms with van der Waals surface area (Å²) in [5, 5.41) is 0.616. The lowest BCUT2D eigenvalue weighted by atomic mass is 10.1. The summed E-state index contributed by atoms with van der Waals surface area (Å²) in [5.41, 5.74) is 3.36. The van der Waals surface area contributed by atoms with E-state index in [1.54, 1.807) is 6.07 Å². The SMILES string of the molecule is [CH2]CCCN1c2cc(Cl)ccc2C(=O)N(CCOC2CCCCO2)c2ccccc21. The molecule has 1 unspecified atom stereocenters. The highest BCUT2D eigenvalue weighted by Crippen LogP contribution is 2.41. The molecule has 1 fully saturated rings. The Bertz CT molecular complexity index is 883. The summed E-state index contributed by atoms with van der Waals surface area (Å²) in [4.78, 5) is 17.6. The zero-order chi connectivity index (χ0) is 20.9. The van der Waals surface area contributed by atoms with E-state index < -0.39 is 0 Å². The Morgan fingerprint density at radius 1 is 1.07 bits per heavy atom. The molecule has 0 bridgehead atoms. The molecule has 1 radical (unpaired) electrons. The standard InChI is InChI=1S/C24H28ClN2O3/c1-2-3-13-26-20-8-4-5-9-21(20)27(14-16-30-23-10-6-7-15-29-23)24(28)19-12-11-18(25)17-22(19)26/h4-5,8-9,11-12,17,23H,1-3,6-7,10,13-16H2. The number of unbranched alkanes of at least 4 members (excludes halogenated alkanes) is 1. The number of rotatable bonds is 7. The molecule has 4 rings (SSSR count). The summed E-state index contributed by atoms with van der Waals surface area (Å²) >= 11 is 6.31. The first-order valence-electron chi connectivity index (χ1n) is 10.7. The van der Waals surface area contributed by atoms with E-state index in [0.717, 1.165) is 62.3 Å². The van der Waals surface area contributed by atoms with Gasteiger partial charge in [0.2, 0.25) is 0 Å². The molecule has 6 heteroatoms. The maximum absolute atomic E-state index is 13.6. The maximum atomic E-state index is 13.6. The molecular formula is C24H28ClN2O3. The number of anilines is 3. The van der Waals surface area contributed by atoms with Gasteiger partial charge in [0.1, 0.15) is 0 Å². The first-order chi connectivity index (χ1) is 14.7. The van der Waals surface area contributed by atoms with Gasteiger partial charge in [-0.1, -0.05) is 37.1 Å². The van der Waals surface area contributed by atoms with Crippen LogP contribution in [0.2, 0.25) is 5.02 Å². The van der Waals surface area contributed by atoms with Crippen LogP contribution in [0.5, 0.6) is 0 Å². The summed E-state index contributed by atoms with van der Waals surface area (Å²) in [6, 6.07) is 13.5. The number of halogens is 1. The van der Waals surface area contributed by atoms with E-state index in [1.807, 2.05) is 35.2 Å². The first-order valence-corrected chi connectivity index (χ1v) is 11.1. The second-order valence-corrected chi connectivity index (χ2v) is 8.07. The van der Waals surface area contributed by atoms with Crippen LogP contribution in [0.4, 0.5) is 17.1 Å². The van der Waals surface area contributed by atoms with Crippen LogP contribution < -0.4 is 9.80 Å². The summed E-state index contributed by atoms with van der Waals surface area (Å²) in [6.07, 6.45) is 4.67. The molecule has 2 heterocycles. The van der Waals surface area contributed by atoms with Gasteiger partial charge in [0, 0.05) is 24.7 Å². The Morgan fingerprint density at radius 3 is 2.60 bits per heavy atom. The molecule has 0 saturated carbocycles. The molecule has 2 aromatic carbocycles. The number of hydrogen-bond acceptors (Lipinski definition) is 4. The number of carbonyl (C=O) groups excluding carboxylic acids is 1. The maximum Gasteiger partial charge on any atom is 0.260 e. The van der Waals surface area contributed by atoms with Gasteiger partial charge in [-0.3, -0.25) is 4.79 Å². The normalized spacial score (nSPS) is 18.7. The molecule has 5 nitrogen and oxygen atoms in total. The predicted octanol–water partition coefficient (Wildman–Crippen LogP) is 5.60. The second kappa shape index (κ2) is 9.82. The molecule has 0 aliphatic carbocycles. The van der Waals surface area contributed by atoms with E-state index in [2.05, 4.69) is 17.9 Å². The van der Waals surface area contributed by atoms with Crippen molar-refractivity contribution in [2.75, 3.05) is 36.1 Å². The first kappa shape index (κ1) is 21.2. The van der Waals surface area contributed by atoms with Gasteiger partial charge in [0.25, 0.3) is 5.91 Å². The van der Waals surface area contributed by atoms with Crippen LogP contribution in [0.25, 0.3) is 0 Å². The van der Waals surface area contributed by atoms with Gasteiger partial charge in [-0.05, 0) is 56.0 Å². The van der Waals surface area contributed by atoms with Crippen LogP contribution in [0.1, 0.15) is 42.5 Å². The van der Waals surface area contributed by atoms with Crippen molar-refractivity contribution in [2.24, 2.45) is 0 Å². The highest BCUT2D eigenvalue weighted by molar-refractivity contribution is 6.31. The van der Waals surface area contributed by atoms with Crippen LogP contribution >= 0.6 is 11.6 Å². The zero-order valence-electron chi connectivity index (χ0n) is 17.2. The fraction of sp³-hybridized carbons (Fsp3) is 0.417. The average molecular weight is 428 g/mol. The van der Waals surface area contributed by atoms with Gasteiger partial charge in [-0.15, -0.1) is 0 Å². The summed E-state index contributed by atoms with van der Waals surface area (Å²) in [6.45, 7) is 6.37. The van der Waals surface area contributed by atoms with Crippen LogP contribution in [-0.4, -0.2) is 38.5 Å². The van der Waals surface area contributed by atoms with Crippen molar-refractivity contribution >= 4 is 34.6 Å². The number of para-hydroxylation sites is 2. The third-order valence-electron chi connectivity index (χ3n) is 5.58. The molecule has 159 valence electrons. The number of carbonyl (C=O) groups is 1. The van der Waals surface area contributed by atoms with Gasteiger partial charge in [0.15, 0.2) is 6.29 Å². The van der Waals surface area contributed by atoms with E-state index in [-0.39, 0.29) is 12.2 Å². The van der Waals surface area contributed by atoms with Gasteiger partial charge in [-0.25, -0.2) is 0 Å². The van der Waals surface area contributed by atoms with Crippen molar-refractivity contribution < 1.29 is 14.3 Å². The van der Waals surface area contributed by atoms with Crippen molar-refractivity contribution in [3.8, 4) is 0 Å². The third kappa shape index (κ3) is 4.48. The minimum Gasteiger partial charge on any atom is -0.353 e. The second-order valence-electron chi connectivity index (χ2n) is 7.63. The Hall–Kier alpha value is -2.08. The molecule has 0 spiro atoms. The van der Waals surface area contributed by atoms with Crippen LogP contribution in [0, 0.1) is 6.92 Å². The largest absolute Gasteiger partial charge is 0.353 e. The topological polar surface area (TPSA) is 42.0 Å². The van der Waals surface area contributed by atoms with Gasteiger partial charge >= 0.3 is 0 Å². The third-order valence-corrected chi connectivity index (χ3v) is 5.81. The lowest BCUT2D eigenvalue weighted by Crippen LogP contribution is -2.35. The molecule has 2 aromatic rings. The molecule has 1 amide bonds. The van der Waals surface area contributed by atoms with Crippen molar-refractivity contribution in [2.45, 2.75) is 38.4 Å². The number of benzene rings is 2.